The van der Waals surface area contributed by atoms with Gasteiger partial charge in [0.15, 0.2) is 11.6 Å². The Bertz CT molecular complexity index is 1120. The van der Waals surface area contributed by atoms with Crippen molar-refractivity contribution in [2.75, 3.05) is 4.90 Å². The molecule has 1 N–H and O–H groups in total. The third kappa shape index (κ3) is 3.01. The van der Waals surface area contributed by atoms with Crippen molar-refractivity contribution in [3.8, 4) is 0 Å². The summed E-state index contributed by atoms with van der Waals surface area (Å²) < 4.78 is 27.8. The Labute approximate surface area is 155 Å². The van der Waals surface area contributed by atoms with Crippen molar-refractivity contribution in [3.63, 3.8) is 0 Å². The van der Waals surface area contributed by atoms with Crippen LogP contribution in [0.4, 0.5) is 14.5 Å². The van der Waals surface area contributed by atoms with Crippen molar-refractivity contribution < 1.29 is 8.78 Å². The predicted molar refractivity (Wildman–Crippen MR) is 103 cm³/mol. The number of anilines is 1. The number of para-hydroxylation sites is 1. The molecule has 0 saturated heterocycles. The second-order valence-electron chi connectivity index (χ2n) is 6.99. The highest BCUT2D eigenvalue weighted by molar-refractivity contribution is 6.01. The Hall–Kier alpha value is -3.02. The van der Waals surface area contributed by atoms with E-state index in [0.29, 0.717) is 24.0 Å². The summed E-state index contributed by atoms with van der Waals surface area (Å²) in [7, 11) is 0. The minimum atomic E-state index is -1.04. The van der Waals surface area contributed by atoms with Crippen LogP contribution in [0.15, 0.2) is 52.3 Å². The Morgan fingerprint density at radius 3 is 2.74 bits per heavy atom. The molecule has 0 fully saturated rings. The van der Waals surface area contributed by atoms with Crippen molar-refractivity contribution in [1.82, 2.24) is 4.98 Å². The van der Waals surface area contributed by atoms with Gasteiger partial charge in [-0.15, -0.1) is 0 Å². The van der Waals surface area contributed by atoms with E-state index in [9.17, 15) is 13.6 Å². The van der Waals surface area contributed by atoms with E-state index >= 15 is 0 Å². The van der Waals surface area contributed by atoms with Gasteiger partial charge in [0.2, 0.25) is 5.56 Å². The van der Waals surface area contributed by atoms with Gasteiger partial charge in [0.25, 0.3) is 0 Å². The van der Waals surface area contributed by atoms with Crippen molar-refractivity contribution in [3.05, 3.63) is 75.6 Å². The van der Waals surface area contributed by atoms with E-state index in [-0.39, 0.29) is 11.4 Å². The molecule has 0 radical (unpaired) electrons. The van der Waals surface area contributed by atoms with Crippen LogP contribution in [-0.2, 0) is 13.1 Å². The largest absolute Gasteiger partial charge is 0.325 e. The first-order chi connectivity index (χ1) is 13.0. The molecule has 0 aliphatic carbocycles. The van der Waals surface area contributed by atoms with Gasteiger partial charge in [-0.05, 0) is 29.3 Å². The topological polar surface area (TPSA) is 48.5 Å². The molecule has 2 heterocycles. The minimum absolute atomic E-state index is 0.106. The van der Waals surface area contributed by atoms with E-state index in [1.165, 1.54) is 12.1 Å². The molecule has 0 saturated carbocycles. The Kier molecular flexibility index (Phi) is 4.26. The van der Waals surface area contributed by atoms with E-state index in [1.54, 1.807) is 0 Å². The maximum absolute atomic E-state index is 14.2. The molecule has 138 valence electrons. The molecule has 0 unspecified atom stereocenters. The number of aromatic nitrogens is 1. The van der Waals surface area contributed by atoms with Gasteiger partial charge in [0.05, 0.1) is 18.6 Å². The number of amidine groups is 1. The predicted octanol–water partition coefficient (Wildman–Crippen LogP) is 4.38. The zero-order valence-corrected chi connectivity index (χ0v) is 15.1. The average Bonchev–Trinajstić information content (AvgIpc) is 2.65. The lowest BCUT2D eigenvalue weighted by Gasteiger charge is -2.33. The van der Waals surface area contributed by atoms with E-state index in [0.717, 1.165) is 23.2 Å². The monoisotopic (exact) mass is 367 g/mol. The zero-order valence-electron chi connectivity index (χ0n) is 15.1. The van der Waals surface area contributed by atoms with E-state index in [4.69, 9.17) is 4.99 Å². The normalized spacial score (nSPS) is 13.8. The minimum Gasteiger partial charge on any atom is -0.325 e. The maximum Gasteiger partial charge on any atom is 0.248 e. The number of aromatic amines is 1. The van der Waals surface area contributed by atoms with Crippen molar-refractivity contribution in [2.24, 2.45) is 10.9 Å². The number of rotatable bonds is 3. The second kappa shape index (κ2) is 6.61. The summed E-state index contributed by atoms with van der Waals surface area (Å²) >= 11 is 0. The Morgan fingerprint density at radius 2 is 1.96 bits per heavy atom. The summed E-state index contributed by atoms with van der Waals surface area (Å²) in [6, 6.07) is 12.0. The summed E-state index contributed by atoms with van der Waals surface area (Å²) in [5.41, 5.74) is 2.17. The van der Waals surface area contributed by atoms with Gasteiger partial charge in [0, 0.05) is 23.1 Å². The highest BCUT2D eigenvalue weighted by Crippen LogP contribution is 2.31. The van der Waals surface area contributed by atoms with Crippen LogP contribution in [0, 0.1) is 17.6 Å². The quantitative estimate of drug-likeness (QED) is 0.747. The molecule has 0 bridgehead atoms. The molecular weight excluding hydrogens is 348 g/mol. The van der Waals surface area contributed by atoms with Gasteiger partial charge >= 0.3 is 0 Å². The number of fused-ring (bicyclic) bond motifs is 2. The first-order valence-electron chi connectivity index (χ1n) is 8.85. The van der Waals surface area contributed by atoms with Gasteiger partial charge in [0.1, 0.15) is 5.84 Å². The van der Waals surface area contributed by atoms with Gasteiger partial charge in [-0.2, -0.15) is 0 Å². The van der Waals surface area contributed by atoms with Gasteiger partial charge in [-0.1, -0.05) is 32.0 Å². The van der Waals surface area contributed by atoms with E-state index < -0.39 is 17.2 Å². The number of halogens is 2. The van der Waals surface area contributed by atoms with Crippen LogP contribution in [0.1, 0.15) is 25.0 Å². The molecule has 0 atom stereocenters. The highest BCUT2D eigenvalue weighted by atomic mass is 19.2. The van der Waals surface area contributed by atoms with Crippen LogP contribution in [0.3, 0.4) is 0 Å². The number of pyridine rings is 1. The highest BCUT2D eigenvalue weighted by Gasteiger charge is 2.24. The molecule has 1 aliphatic rings. The lowest BCUT2D eigenvalue weighted by Crippen LogP contribution is -2.37. The smallest absolute Gasteiger partial charge is 0.248 e. The lowest BCUT2D eigenvalue weighted by atomic mass is 10.0. The number of nitrogens with one attached hydrogen (secondary N) is 1. The number of hydrogen-bond donors (Lipinski definition) is 1. The fourth-order valence-electron chi connectivity index (χ4n) is 3.58. The molecule has 4 nitrogen and oxygen atoms in total. The molecule has 4 rings (SSSR count). The number of H-pyrrole nitrogens is 1. The lowest BCUT2D eigenvalue weighted by molar-refractivity contribution is 0.515. The maximum atomic E-state index is 14.2. The van der Waals surface area contributed by atoms with Crippen molar-refractivity contribution >= 4 is 22.4 Å². The SMILES string of the molecule is CC(C)C1=NCc2ccccc2N1Cc1cc(=O)[nH]c2c(F)c(F)ccc12. The number of aliphatic imine (C=N–C) groups is 1. The van der Waals surface area contributed by atoms with E-state index in [1.807, 2.05) is 24.3 Å². The van der Waals surface area contributed by atoms with Crippen LogP contribution < -0.4 is 10.5 Å². The van der Waals surface area contributed by atoms with Crippen LogP contribution in [0.5, 0.6) is 0 Å². The van der Waals surface area contributed by atoms with Crippen molar-refractivity contribution in [2.45, 2.75) is 26.9 Å². The van der Waals surface area contributed by atoms with E-state index in [2.05, 4.69) is 23.7 Å². The molecule has 27 heavy (non-hydrogen) atoms. The molecule has 0 amide bonds. The molecule has 1 aromatic heterocycles. The Morgan fingerprint density at radius 1 is 1.19 bits per heavy atom. The Balaban J connectivity index is 1.87. The third-order valence-electron chi connectivity index (χ3n) is 4.81. The van der Waals surface area contributed by atoms with Gasteiger partial charge < -0.3 is 9.88 Å². The molecule has 2 aromatic carbocycles. The van der Waals surface area contributed by atoms with Crippen LogP contribution in [0.2, 0.25) is 0 Å². The number of nitrogens with zero attached hydrogens (tertiary/aromatic N) is 2. The standard InChI is InChI=1S/C21H19F2N3O/c1-12(2)21-24-10-13-5-3-4-6-17(13)26(21)11-14-9-18(27)25-20-15(14)7-8-16(22)19(20)23/h3-9,12H,10-11H2,1-2H3,(H,25,27). The summed E-state index contributed by atoms with van der Waals surface area (Å²) in [4.78, 5) is 21.2. The molecule has 6 heteroatoms. The van der Waals surface area contributed by atoms with Crippen LogP contribution >= 0.6 is 0 Å². The summed E-state index contributed by atoms with van der Waals surface area (Å²) in [6.45, 7) is 5.07. The second-order valence-corrected chi connectivity index (χ2v) is 6.99. The molecular formula is C21H19F2N3O. The van der Waals surface area contributed by atoms with Crippen LogP contribution in [0.25, 0.3) is 10.9 Å². The summed E-state index contributed by atoms with van der Waals surface area (Å²) in [6.07, 6.45) is 0. The van der Waals surface area contributed by atoms with Crippen molar-refractivity contribution in [1.29, 1.82) is 0 Å². The van der Waals surface area contributed by atoms with Gasteiger partial charge in [-0.3, -0.25) is 9.79 Å². The fraction of sp³-hybridized carbons (Fsp3) is 0.238. The number of benzene rings is 2. The average molecular weight is 367 g/mol. The number of hydrogen-bond acceptors (Lipinski definition) is 3. The first-order valence-corrected chi connectivity index (χ1v) is 8.85. The molecule has 0 spiro atoms. The van der Waals surface area contributed by atoms with Crippen LogP contribution in [-0.4, -0.2) is 10.8 Å². The fourth-order valence-corrected chi connectivity index (χ4v) is 3.58. The zero-order chi connectivity index (χ0) is 19.1. The summed E-state index contributed by atoms with van der Waals surface area (Å²) in [5, 5.41) is 0.486. The van der Waals surface area contributed by atoms with Gasteiger partial charge in [-0.25, -0.2) is 8.78 Å². The molecule has 3 aromatic rings. The third-order valence-corrected chi connectivity index (χ3v) is 4.81. The summed E-state index contributed by atoms with van der Waals surface area (Å²) in [5.74, 6) is -0.934. The first kappa shape index (κ1) is 17.4. The molecule has 1 aliphatic heterocycles.